The van der Waals surface area contributed by atoms with Crippen LogP contribution in [-0.2, 0) is 15.8 Å². The maximum atomic E-state index is 13.7. The Hall–Kier alpha value is -2.85. The van der Waals surface area contributed by atoms with E-state index in [1.54, 1.807) is 11.8 Å². The molecule has 2 heterocycles. The fraction of sp³-hybridized carbons (Fsp3) is 0.619. The Bertz CT molecular complexity index is 891. The number of carbonyl (C=O) groups is 2. The van der Waals surface area contributed by atoms with Crippen molar-refractivity contribution in [2.75, 3.05) is 23.7 Å². The van der Waals surface area contributed by atoms with Gasteiger partial charge in [0.25, 0.3) is 0 Å². The molecule has 0 bridgehead atoms. The molecule has 3 rings (SSSR count). The number of hydrogen-bond donors (Lipinski definition) is 3. The number of nitrogens with two attached hydrogens (primary N) is 1. The molecule has 8 nitrogen and oxygen atoms in total. The zero-order chi connectivity index (χ0) is 23.6. The van der Waals surface area contributed by atoms with E-state index < -0.39 is 35.4 Å². The lowest BCUT2D eigenvalue weighted by Crippen LogP contribution is -2.47. The van der Waals surface area contributed by atoms with Crippen LogP contribution in [0.3, 0.4) is 0 Å². The Morgan fingerprint density at radius 2 is 1.88 bits per heavy atom. The van der Waals surface area contributed by atoms with Gasteiger partial charge in [-0.2, -0.15) is 18.2 Å². The van der Waals surface area contributed by atoms with Gasteiger partial charge < -0.3 is 21.3 Å². The number of nitrogens with zero attached hydrogens (tertiary/aromatic N) is 3. The zero-order valence-corrected chi connectivity index (χ0v) is 18.3. The highest BCUT2D eigenvalue weighted by Gasteiger charge is 2.40. The van der Waals surface area contributed by atoms with Gasteiger partial charge in [-0.05, 0) is 24.7 Å². The zero-order valence-electron chi connectivity index (χ0n) is 18.3. The summed E-state index contributed by atoms with van der Waals surface area (Å²) in [4.78, 5) is 33.4. The number of hydrogen-bond acceptors (Lipinski definition) is 6. The highest BCUT2D eigenvalue weighted by atomic mass is 19.4. The Morgan fingerprint density at radius 1 is 1.19 bits per heavy atom. The van der Waals surface area contributed by atoms with Gasteiger partial charge in [0.15, 0.2) is 0 Å². The first-order chi connectivity index (χ1) is 15.0. The molecule has 1 fully saturated rings. The molecule has 1 aromatic heterocycles. The summed E-state index contributed by atoms with van der Waals surface area (Å²) in [5.41, 5.74) is 4.55. The number of primary amides is 1. The molecule has 176 valence electrons. The first kappa shape index (κ1) is 23.8. The number of rotatable bonds is 5. The van der Waals surface area contributed by atoms with Crippen molar-refractivity contribution in [3.05, 3.63) is 23.9 Å². The van der Waals surface area contributed by atoms with E-state index in [0.29, 0.717) is 13.1 Å². The Labute approximate surface area is 184 Å². The fourth-order valence-corrected chi connectivity index (χ4v) is 4.39. The van der Waals surface area contributed by atoms with E-state index in [-0.39, 0.29) is 29.7 Å². The number of amides is 2. The molecule has 4 N–H and O–H groups in total. The van der Waals surface area contributed by atoms with Crippen molar-refractivity contribution in [2.45, 2.75) is 51.9 Å². The molecular formula is C21H29F3N6O2. The Morgan fingerprint density at radius 3 is 2.50 bits per heavy atom. The number of halogens is 3. The summed E-state index contributed by atoms with van der Waals surface area (Å²) in [6.07, 6.45) is 1.26. The molecule has 0 spiro atoms. The van der Waals surface area contributed by atoms with Crippen LogP contribution >= 0.6 is 0 Å². The Kier molecular flexibility index (Phi) is 6.94. The van der Waals surface area contributed by atoms with Crippen LogP contribution in [0.5, 0.6) is 0 Å². The van der Waals surface area contributed by atoms with E-state index in [1.807, 2.05) is 19.1 Å². The molecule has 1 aromatic rings. The van der Waals surface area contributed by atoms with Crippen LogP contribution in [0.2, 0.25) is 0 Å². The second-order valence-electron chi connectivity index (χ2n) is 8.60. The van der Waals surface area contributed by atoms with E-state index in [4.69, 9.17) is 5.73 Å². The van der Waals surface area contributed by atoms with Gasteiger partial charge in [0.05, 0.1) is 5.92 Å². The van der Waals surface area contributed by atoms with Crippen LogP contribution in [0, 0.1) is 17.8 Å². The average molecular weight is 454 g/mol. The lowest BCUT2D eigenvalue weighted by Gasteiger charge is -2.36. The van der Waals surface area contributed by atoms with E-state index in [1.165, 1.54) is 6.92 Å². The third-order valence-corrected chi connectivity index (χ3v) is 6.16. The molecule has 0 radical (unpaired) electrons. The summed E-state index contributed by atoms with van der Waals surface area (Å²) in [7, 11) is 0. The number of carbonyl (C=O) groups excluding carboxylic acids is 2. The lowest BCUT2D eigenvalue weighted by molar-refractivity contribution is -0.137. The quantitative estimate of drug-likeness (QED) is 0.590. The molecule has 0 unspecified atom stereocenters. The first-order valence-corrected chi connectivity index (χ1v) is 10.7. The summed E-state index contributed by atoms with van der Waals surface area (Å²) in [5.74, 6) is -2.17. The maximum absolute atomic E-state index is 13.7. The molecule has 2 amide bonds. The average Bonchev–Trinajstić information content (AvgIpc) is 2.70. The van der Waals surface area contributed by atoms with Crippen LogP contribution in [-0.4, -0.2) is 51.9 Å². The normalized spacial score (nSPS) is 28.3. The van der Waals surface area contributed by atoms with Gasteiger partial charge in [0.2, 0.25) is 17.8 Å². The van der Waals surface area contributed by atoms with Crippen LogP contribution < -0.4 is 16.4 Å². The van der Waals surface area contributed by atoms with Crippen molar-refractivity contribution in [1.82, 2.24) is 14.9 Å². The molecule has 32 heavy (non-hydrogen) atoms. The topological polar surface area (TPSA) is 113 Å². The summed E-state index contributed by atoms with van der Waals surface area (Å²) in [6, 6.07) is -0.827. The predicted molar refractivity (Wildman–Crippen MR) is 113 cm³/mol. The molecule has 11 heteroatoms. The van der Waals surface area contributed by atoms with Gasteiger partial charge in [-0.15, -0.1) is 0 Å². The molecule has 1 aliphatic carbocycles. The molecule has 5 atom stereocenters. The van der Waals surface area contributed by atoms with E-state index in [9.17, 15) is 22.8 Å². The minimum Gasteiger partial charge on any atom is -0.369 e. The SMILES string of the molecule is CC(=O)N1CCC[C@H](Nc2ncc(C(F)(F)F)c(N[C@@H]3[C@H](C(N)=O)[C@H](C)C=C[C@@H]3C)n2)C1. The van der Waals surface area contributed by atoms with Crippen molar-refractivity contribution in [3.63, 3.8) is 0 Å². The molecular weight excluding hydrogens is 425 g/mol. The summed E-state index contributed by atoms with van der Waals surface area (Å²) in [5, 5.41) is 5.89. The first-order valence-electron chi connectivity index (χ1n) is 10.7. The van der Waals surface area contributed by atoms with Crippen LogP contribution in [0.15, 0.2) is 18.3 Å². The van der Waals surface area contributed by atoms with Crippen molar-refractivity contribution < 1.29 is 22.8 Å². The predicted octanol–water partition coefficient (Wildman–Crippen LogP) is 2.64. The number of alkyl halides is 3. The number of aromatic nitrogens is 2. The van der Waals surface area contributed by atoms with Gasteiger partial charge in [0.1, 0.15) is 11.4 Å². The smallest absolute Gasteiger partial charge is 0.369 e. The monoisotopic (exact) mass is 454 g/mol. The van der Waals surface area contributed by atoms with Crippen molar-refractivity contribution in [3.8, 4) is 0 Å². The van der Waals surface area contributed by atoms with Crippen molar-refractivity contribution >= 4 is 23.6 Å². The summed E-state index contributed by atoms with van der Waals surface area (Å²) < 4.78 is 41.0. The minimum absolute atomic E-state index is 0.0265. The second-order valence-corrected chi connectivity index (χ2v) is 8.60. The maximum Gasteiger partial charge on any atom is 0.421 e. The molecule has 1 aliphatic heterocycles. The molecule has 0 saturated carbocycles. The van der Waals surface area contributed by atoms with Gasteiger partial charge in [-0.3, -0.25) is 9.59 Å². The number of nitrogens with one attached hydrogen (secondary N) is 2. The van der Waals surface area contributed by atoms with Crippen molar-refractivity contribution in [2.24, 2.45) is 23.5 Å². The number of allylic oxidation sites excluding steroid dienone is 1. The van der Waals surface area contributed by atoms with Crippen LogP contribution in [0.25, 0.3) is 0 Å². The standard InChI is InChI=1S/C21H29F3N6O2/c1-11-6-7-12(2)17(16(11)18(25)32)28-19-15(21(22,23)24)9-26-20(29-19)27-14-5-4-8-30(10-14)13(3)31/h6-7,9,11-12,14,16-17H,4-5,8,10H2,1-3H3,(H2,25,32)(H2,26,27,28,29)/t11-,12+,14+,16-,17+/m1/s1. The van der Waals surface area contributed by atoms with Gasteiger partial charge in [-0.1, -0.05) is 26.0 Å². The highest BCUT2D eigenvalue weighted by Crippen LogP contribution is 2.37. The van der Waals surface area contributed by atoms with Crippen LogP contribution in [0.4, 0.5) is 24.9 Å². The third-order valence-electron chi connectivity index (χ3n) is 6.16. The summed E-state index contributed by atoms with van der Waals surface area (Å²) in [6.45, 7) is 6.16. The van der Waals surface area contributed by atoms with Gasteiger partial charge in [-0.25, -0.2) is 4.98 Å². The lowest BCUT2D eigenvalue weighted by atomic mass is 9.76. The number of piperidine rings is 1. The molecule has 0 aromatic carbocycles. The third kappa shape index (κ3) is 5.31. The Balaban J connectivity index is 1.89. The van der Waals surface area contributed by atoms with E-state index >= 15 is 0 Å². The van der Waals surface area contributed by atoms with Gasteiger partial charge in [0, 0.05) is 38.3 Å². The number of likely N-dealkylation sites (tertiary alicyclic amines) is 1. The van der Waals surface area contributed by atoms with Crippen molar-refractivity contribution in [1.29, 1.82) is 0 Å². The van der Waals surface area contributed by atoms with E-state index in [0.717, 1.165) is 19.0 Å². The van der Waals surface area contributed by atoms with Crippen LogP contribution in [0.1, 0.15) is 39.2 Å². The second kappa shape index (κ2) is 9.33. The summed E-state index contributed by atoms with van der Waals surface area (Å²) >= 11 is 0. The fourth-order valence-electron chi connectivity index (χ4n) is 4.39. The number of anilines is 2. The van der Waals surface area contributed by atoms with E-state index in [2.05, 4.69) is 20.6 Å². The molecule has 1 saturated heterocycles. The van der Waals surface area contributed by atoms with Gasteiger partial charge >= 0.3 is 6.18 Å². The minimum atomic E-state index is -4.68. The molecule has 2 aliphatic rings. The highest BCUT2D eigenvalue weighted by molar-refractivity contribution is 5.79. The largest absolute Gasteiger partial charge is 0.421 e.